The number of hydrogen-bond acceptors (Lipinski definition) is 3. The van der Waals surface area contributed by atoms with Gasteiger partial charge in [-0.25, -0.2) is 0 Å². The van der Waals surface area contributed by atoms with Crippen LogP contribution in [0.5, 0.6) is 0 Å². The second kappa shape index (κ2) is 6.00. The summed E-state index contributed by atoms with van der Waals surface area (Å²) >= 11 is 0. The average molecular weight is 186 g/mol. The van der Waals surface area contributed by atoms with E-state index in [9.17, 15) is 5.11 Å². The Balaban J connectivity index is 2.21. The lowest BCUT2D eigenvalue weighted by atomic mass is 10.1. The van der Waals surface area contributed by atoms with Gasteiger partial charge in [0.2, 0.25) is 0 Å². The summed E-state index contributed by atoms with van der Waals surface area (Å²) in [5, 5.41) is 9.65. The molecule has 13 heavy (non-hydrogen) atoms. The van der Waals surface area contributed by atoms with Crippen LogP contribution in [-0.2, 0) is 9.47 Å². The van der Waals surface area contributed by atoms with Crippen molar-refractivity contribution in [2.75, 3.05) is 20.3 Å². The first-order valence-corrected chi connectivity index (χ1v) is 4.84. The van der Waals surface area contributed by atoms with E-state index in [2.05, 4.69) is 0 Å². The molecule has 3 nitrogen and oxygen atoms in total. The molecule has 1 heterocycles. The molecule has 0 saturated heterocycles. The summed E-state index contributed by atoms with van der Waals surface area (Å²) in [4.78, 5) is 0. The fourth-order valence-corrected chi connectivity index (χ4v) is 1.37. The third kappa shape index (κ3) is 3.79. The van der Waals surface area contributed by atoms with E-state index in [1.165, 1.54) is 0 Å². The van der Waals surface area contributed by atoms with Gasteiger partial charge < -0.3 is 14.6 Å². The lowest BCUT2D eigenvalue weighted by molar-refractivity contribution is 0.0788. The minimum Gasteiger partial charge on any atom is -0.496 e. The standard InChI is InChI=1S/C10H18O3/c1-12-7-4-5-9(11)10-6-2-3-8-13-10/h6,9,11H,2-5,7-8H2,1H3. The van der Waals surface area contributed by atoms with Gasteiger partial charge in [0, 0.05) is 13.7 Å². The lowest BCUT2D eigenvalue weighted by Crippen LogP contribution is -2.16. The number of ether oxygens (including phenoxy) is 2. The van der Waals surface area contributed by atoms with Crippen LogP contribution >= 0.6 is 0 Å². The van der Waals surface area contributed by atoms with Crippen LogP contribution in [0.3, 0.4) is 0 Å². The number of methoxy groups -OCH3 is 1. The van der Waals surface area contributed by atoms with E-state index in [1.54, 1.807) is 7.11 Å². The van der Waals surface area contributed by atoms with Crippen LogP contribution in [0, 0.1) is 0 Å². The Morgan fingerprint density at radius 1 is 1.69 bits per heavy atom. The van der Waals surface area contributed by atoms with Gasteiger partial charge in [-0.3, -0.25) is 0 Å². The van der Waals surface area contributed by atoms with Crippen LogP contribution in [0.4, 0.5) is 0 Å². The predicted molar refractivity (Wildman–Crippen MR) is 50.4 cm³/mol. The highest BCUT2D eigenvalue weighted by molar-refractivity contribution is 5.01. The van der Waals surface area contributed by atoms with Gasteiger partial charge >= 0.3 is 0 Å². The first kappa shape index (κ1) is 10.5. The molecular weight excluding hydrogens is 168 g/mol. The van der Waals surface area contributed by atoms with Crippen molar-refractivity contribution in [2.45, 2.75) is 31.8 Å². The molecule has 1 unspecified atom stereocenters. The fourth-order valence-electron chi connectivity index (χ4n) is 1.37. The van der Waals surface area contributed by atoms with Crippen molar-refractivity contribution in [1.29, 1.82) is 0 Å². The molecule has 0 radical (unpaired) electrons. The van der Waals surface area contributed by atoms with E-state index in [0.29, 0.717) is 6.61 Å². The summed E-state index contributed by atoms with van der Waals surface area (Å²) in [5.74, 6) is 0.752. The minimum absolute atomic E-state index is 0.435. The van der Waals surface area contributed by atoms with Gasteiger partial charge in [-0.1, -0.05) is 0 Å². The SMILES string of the molecule is COCCCC(O)C1=CCCCO1. The van der Waals surface area contributed by atoms with E-state index >= 15 is 0 Å². The van der Waals surface area contributed by atoms with Crippen molar-refractivity contribution in [2.24, 2.45) is 0 Å². The van der Waals surface area contributed by atoms with Gasteiger partial charge in [0.05, 0.1) is 6.61 Å². The largest absolute Gasteiger partial charge is 0.496 e. The summed E-state index contributed by atoms with van der Waals surface area (Å²) < 4.78 is 10.2. The summed E-state index contributed by atoms with van der Waals surface area (Å²) in [6.45, 7) is 1.44. The molecule has 0 aliphatic carbocycles. The van der Waals surface area contributed by atoms with E-state index in [-0.39, 0.29) is 0 Å². The quantitative estimate of drug-likeness (QED) is 0.661. The Labute approximate surface area is 79.3 Å². The Kier molecular flexibility index (Phi) is 4.86. The second-order valence-electron chi connectivity index (χ2n) is 3.25. The molecule has 1 aliphatic heterocycles. The average Bonchev–Trinajstić information content (AvgIpc) is 2.19. The predicted octanol–water partition coefficient (Wildman–Crippen LogP) is 1.47. The number of aliphatic hydroxyl groups excluding tert-OH is 1. The highest BCUT2D eigenvalue weighted by Gasteiger charge is 2.13. The third-order valence-corrected chi connectivity index (χ3v) is 2.12. The lowest BCUT2D eigenvalue weighted by Gasteiger charge is -2.19. The molecule has 3 heteroatoms. The molecule has 1 aliphatic rings. The van der Waals surface area contributed by atoms with Crippen molar-refractivity contribution in [3.8, 4) is 0 Å². The molecular formula is C10H18O3. The van der Waals surface area contributed by atoms with Crippen molar-refractivity contribution >= 4 is 0 Å². The number of allylic oxidation sites excluding steroid dienone is 1. The van der Waals surface area contributed by atoms with E-state index < -0.39 is 6.10 Å². The maximum atomic E-state index is 9.65. The number of rotatable bonds is 5. The molecule has 76 valence electrons. The highest BCUT2D eigenvalue weighted by atomic mass is 16.5. The van der Waals surface area contributed by atoms with E-state index in [0.717, 1.165) is 38.0 Å². The third-order valence-electron chi connectivity index (χ3n) is 2.12. The molecule has 1 N–H and O–H groups in total. The van der Waals surface area contributed by atoms with Gasteiger partial charge in [-0.05, 0) is 31.8 Å². The number of hydrogen-bond donors (Lipinski definition) is 1. The zero-order valence-corrected chi connectivity index (χ0v) is 8.16. The van der Waals surface area contributed by atoms with Gasteiger partial charge in [-0.2, -0.15) is 0 Å². The van der Waals surface area contributed by atoms with Gasteiger partial charge in [0.1, 0.15) is 11.9 Å². The molecule has 0 spiro atoms. The molecule has 0 aromatic carbocycles. The normalized spacial score (nSPS) is 19.1. The fraction of sp³-hybridized carbons (Fsp3) is 0.800. The Bertz CT molecular complexity index is 166. The minimum atomic E-state index is -0.435. The Hall–Kier alpha value is -0.540. The van der Waals surface area contributed by atoms with E-state index in [4.69, 9.17) is 9.47 Å². The van der Waals surface area contributed by atoms with Crippen LogP contribution in [0.15, 0.2) is 11.8 Å². The molecule has 0 aromatic heterocycles. The van der Waals surface area contributed by atoms with Crippen molar-refractivity contribution in [1.82, 2.24) is 0 Å². The van der Waals surface area contributed by atoms with Crippen LogP contribution in [0.25, 0.3) is 0 Å². The molecule has 0 aromatic rings. The summed E-state index contributed by atoms with van der Waals surface area (Å²) in [7, 11) is 1.67. The smallest absolute Gasteiger partial charge is 0.120 e. The summed E-state index contributed by atoms with van der Waals surface area (Å²) in [6, 6.07) is 0. The zero-order chi connectivity index (χ0) is 9.52. The van der Waals surface area contributed by atoms with Crippen LogP contribution in [0.1, 0.15) is 25.7 Å². The van der Waals surface area contributed by atoms with Gasteiger partial charge in [0.15, 0.2) is 0 Å². The molecule has 0 saturated carbocycles. The van der Waals surface area contributed by atoms with Crippen LogP contribution in [0.2, 0.25) is 0 Å². The first-order chi connectivity index (χ1) is 6.34. The molecule has 0 bridgehead atoms. The molecule has 0 fully saturated rings. The van der Waals surface area contributed by atoms with Crippen LogP contribution in [-0.4, -0.2) is 31.5 Å². The molecule has 1 rings (SSSR count). The van der Waals surface area contributed by atoms with Crippen molar-refractivity contribution in [3.63, 3.8) is 0 Å². The topological polar surface area (TPSA) is 38.7 Å². The maximum Gasteiger partial charge on any atom is 0.120 e. The van der Waals surface area contributed by atoms with Gasteiger partial charge in [0.25, 0.3) is 0 Å². The Morgan fingerprint density at radius 3 is 3.15 bits per heavy atom. The molecule has 0 amide bonds. The first-order valence-electron chi connectivity index (χ1n) is 4.84. The maximum absolute atomic E-state index is 9.65. The Morgan fingerprint density at radius 2 is 2.54 bits per heavy atom. The van der Waals surface area contributed by atoms with Gasteiger partial charge in [-0.15, -0.1) is 0 Å². The number of aliphatic hydroxyl groups is 1. The summed E-state index contributed by atoms with van der Waals surface area (Å²) in [6.07, 6.45) is 5.24. The van der Waals surface area contributed by atoms with E-state index in [1.807, 2.05) is 6.08 Å². The van der Waals surface area contributed by atoms with Crippen molar-refractivity contribution < 1.29 is 14.6 Å². The van der Waals surface area contributed by atoms with Crippen molar-refractivity contribution in [3.05, 3.63) is 11.8 Å². The highest BCUT2D eigenvalue weighted by Crippen LogP contribution is 2.16. The molecule has 1 atom stereocenters. The van der Waals surface area contributed by atoms with Crippen LogP contribution < -0.4 is 0 Å². The summed E-state index contributed by atoms with van der Waals surface area (Å²) in [5.41, 5.74) is 0. The monoisotopic (exact) mass is 186 g/mol. The second-order valence-corrected chi connectivity index (χ2v) is 3.25. The zero-order valence-electron chi connectivity index (χ0n) is 8.16.